The second kappa shape index (κ2) is 7.36. The number of thioether (sulfide) groups is 1. The molecule has 7 nitrogen and oxygen atoms in total. The van der Waals surface area contributed by atoms with Crippen LogP contribution in [0, 0.1) is 6.92 Å². The number of hydrogen-bond donors (Lipinski definition) is 0. The lowest BCUT2D eigenvalue weighted by atomic mass is 10.00. The van der Waals surface area contributed by atoms with Crippen LogP contribution in [0.5, 0.6) is 11.6 Å². The Hall–Kier alpha value is -3.13. The summed E-state index contributed by atoms with van der Waals surface area (Å²) in [5, 5.41) is 17.9. The van der Waals surface area contributed by atoms with E-state index in [0.29, 0.717) is 22.1 Å². The number of hydrogen-bond acceptors (Lipinski definition) is 6. The van der Waals surface area contributed by atoms with Gasteiger partial charge in [0.25, 0.3) is 17.0 Å². The Labute approximate surface area is 173 Å². The van der Waals surface area contributed by atoms with Gasteiger partial charge in [-0.15, -0.1) is 0 Å². The minimum absolute atomic E-state index is 0.147. The molecule has 148 valence electrons. The van der Waals surface area contributed by atoms with Crippen LogP contribution in [0.15, 0.2) is 47.6 Å². The van der Waals surface area contributed by atoms with E-state index in [0.717, 1.165) is 16.9 Å². The molecule has 0 spiro atoms. The van der Waals surface area contributed by atoms with Gasteiger partial charge < -0.3 is 9.84 Å². The van der Waals surface area contributed by atoms with Crippen molar-refractivity contribution in [2.45, 2.75) is 25.2 Å². The number of nitrogens with zero attached hydrogens (tertiary/aromatic N) is 4. The number of carbonyl (C=O) groups excluding carboxylic acids is 1. The van der Waals surface area contributed by atoms with Crippen LogP contribution in [0.4, 0.5) is 5.69 Å². The van der Waals surface area contributed by atoms with Gasteiger partial charge in [-0.2, -0.15) is 0 Å². The van der Waals surface area contributed by atoms with Crippen LogP contribution >= 0.6 is 11.8 Å². The van der Waals surface area contributed by atoms with Gasteiger partial charge in [-0.25, -0.2) is 9.88 Å². The fourth-order valence-electron chi connectivity index (χ4n) is 3.72. The summed E-state index contributed by atoms with van der Waals surface area (Å²) in [4.78, 5) is 18.5. The maximum atomic E-state index is 12.9. The van der Waals surface area contributed by atoms with Crippen molar-refractivity contribution in [2.24, 2.45) is 0 Å². The van der Waals surface area contributed by atoms with Gasteiger partial charge in [-0.1, -0.05) is 28.6 Å². The average molecular weight is 408 g/mol. The quantitative estimate of drug-likeness (QED) is 0.489. The second-order valence-electron chi connectivity index (χ2n) is 6.71. The number of aryl methyl sites for hydroxylation is 1. The fraction of sp³-hybridized carbons (Fsp3) is 0.238. The van der Waals surface area contributed by atoms with Gasteiger partial charge in [-0.05, 0) is 49.1 Å². The topological polar surface area (TPSA) is 82.3 Å². The molecule has 4 rings (SSSR count). The second-order valence-corrected chi connectivity index (χ2v) is 7.48. The number of benzene rings is 2. The molecule has 0 fully saturated rings. The van der Waals surface area contributed by atoms with Crippen LogP contribution in [-0.4, -0.2) is 29.4 Å². The maximum absolute atomic E-state index is 12.9. The van der Waals surface area contributed by atoms with Crippen molar-refractivity contribution in [3.05, 3.63) is 53.6 Å². The van der Waals surface area contributed by atoms with Crippen molar-refractivity contribution < 1.29 is 19.3 Å². The number of para-hydroxylation sites is 1. The van der Waals surface area contributed by atoms with E-state index in [1.807, 2.05) is 55.6 Å². The lowest BCUT2D eigenvalue weighted by Gasteiger charge is -2.33. The van der Waals surface area contributed by atoms with E-state index in [2.05, 4.69) is 10.1 Å². The van der Waals surface area contributed by atoms with Crippen LogP contribution in [0.25, 0.3) is 11.3 Å². The Morgan fingerprint density at radius 2 is 2.03 bits per heavy atom. The number of fused-ring (bicyclic) bond motifs is 3. The number of rotatable bonds is 3. The predicted octanol–water partition coefficient (Wildman–Crippen LogP) is 2.46. The molecule has 8 heteroatoms. The molecular formula is C21H20N4O3S. The van der Waals surface area contributed by atoms with E-state index in [1.54, 1.807) is 16.7 Å². The lowest BCUT2D eigenvalue weighted by Crippen LogP contribution is -2.58. The van der Waals surface area contributed by atoms with Crippen molar-refractivity contribution in [3.8, 4) is 22.9 Å². The summed E-state index contributed by atoms with van der Waals surface area (Å²) in [5.41, 5.74) is 3.42. The van der Waals surface area contributed by atoms with Gasteiger partial charge in [0, 0.05) is 17.6 Å². The van der Waals surface area contributed by atoms with E-state index in [1.165, 1.54) is 18.7 Å². The Kier molecular flexibility index (Phi) is 4.87. The average Bonchev–Trinajstić information content (AvgIpc) is 2.71. The highest BCUT2D eigenvalue weighted by Crippen LogP contribution is 2.41. The molecule has 0 saturated carbocycles. The molecule has 0 radical (unpaired) electrons. The summed E-state index contributed by atoms with van der Waals surface area (Å²) in [5.74, 6) is 0.239. The summed E-state index contributed by atoms with van der Waals surface area (Å²) < 4.78 is 6.99. The first-order chi connectivity index (χ1) is 14.0. The number of methoxy groups -OCH3 is 1. The maximum Gasteiger partial charge on any atom is 0.293 e. The summed E-state index contributed by atoms with van der Waals surface area (Å²) in [7, 11) is 1.62. The zero-order valence-electron chi connectivity index (χ0n) is 16.5. The van der Waals surface area contributed by atoms with E-state index < -0.39 is 6.17 Å². The van der Waals surface area contributed by atoms with Crippen molar-refractivity contribution in [1.29, 1.82) is 0 Å². The molecule has 1 aliphatic heterocycles. The molecule has 1 unspecified atom stereocenters. The smallest absolute Gasteiger partial charge is 0.293 e. The summed E-state index contributed by atoms with van der Waals surface area (Å²) >= 11 is 1.29. The van der Waals surface area contributed by atoms with Gasteiger partial charge in [0.1, 0.15) is 5.75 Å². The van der Waals surface area contributed by atoms with Crippen LogP contribution < -0.4 is 19.4 Å². The van der Waals surface area contributed by atoms with Crippen molar-refractivity contribution in [3.63, 3.8) is 0 Å². The highest BCUT2D eigenvalue weighted by atomic mass is 32.2. The minimum Gasteiger partial charge on any atom is -0.854 e. The normalized spacial score (nSPS) is 14.9. The Morgan fingerprint density at radius 3 is 2.69 bits per heavy atom. The number of aromatic nitrogens is 3. The van der Waals surface area contributed by atoms with Crippen LogP contribution in [-0.2, 0) is 4.79 Å². The van der Waals surface area contributed by atoms with E-state index >= 15 is 0 Å². The highest BCUT2D eigenvalue weighted by Gasteiger charge is 2.43. The summed E-state index contributed by atoms with van der Waals surface area (Å²) in [6, 6.07) is 13.0. The number of amides is 1. The molecule has 2 heterocycles. The lowest BCUT2D eigenvalue weighted by molar-refractivity contribution is -0.764. The Morgan fingerprint density at radius 1 is 1.28 bits per heavy atom. The van der Waals surface area contributed by atoms with Gasteiger partial charge in [0.2, 0.25) is 5.91 Å². The summed E-state index contributed by atoms with van der Waals surface area (Å²) in [6.45, 7) is 3.45. The minimum atomic E-state index is -0.608. The van der Waals surface area contributed by atoms with Crippen LogP contribution in [0.3, 0.4) is 0 Å². The molecule has 0 aliphatic carbocycles. The first-order valence-corrected chi connectivity index (χ1v) is 10.3. The van der Waals surface area contributed by atoms with Crippen molar-refractivity contribution in [2.75, 3.05) is 18.3 Å². The monoisotopic (exact) mass is 408 g/mol. The third kappa shape index (κ3) is 3.09. The molecule has 2 aromatic carbocycles. The first-order valence-electron chi connectivity index (χ1n) is 9.05. The molecule has 1 atom stereocenters. The van der Waals surface area contributed by atoms with Crippen molar-refractivity contribution >= 4 is 23.4 Å². The van der Waals surface area contributed by atoms with Gasteiger partial charge >= 0.3 is 0 Å². The Balaban J connectivity index is 2.05. The zero-order valence-corrected chi connectivity index (χ0v) is 17.4. The SMILES string of the molecule is COc1ccc(C2N(C(C)=O)c3ccccc3-c3c([O-])nc(SC)n[n+]32)cc1C. The molecule has 1 aromatic heterocycles. The molecule has 0 N–H and O–H groups in total. The third-order valence-electron chi connectivity index (χ3n) is 4.96. The van der Waals surface area contributed by atoms with Crippen LogP contribution in [0.1, 0.15) is 24.2 Å². The molecular weight excluding hydrogens is 388 g/mol. The summed E-state index contributed by atoms with van der Waals surface area (Å²) in [6.07, 6.45) is 1.21. The molecule has 29 heavy (non-hydrogen) atoms. The van der Waals surface area contributed by atoms with E-state index in [4.69, 9.17) is 4.74 Å². The number of carbonyl (C=O) groups is 1. The molecule has 3 aromatic rings. The molecule has 0 saturated heterocycles. The van der Waals surface area contributed by atoms with Gasteiger partial charge in [-0.3, -0.25) is 4.79 Å². The van der Waals surface area contributed by atoms with Crippen molar-refractivity contribution in [1.82, 2.24) is 10.1 Å². The van der Waals surface area contributed by atoms with Gasteiger partial charge in [0.15, 0.2) is 0 Å². The molecule has 1 amide bonds. The highest BCUT2D eigenvalue weighted by molar-refractivity contribution is 7.98. The predicted molar refractivity (Wildman–Crippen MR) is 108 cm³/mol. The van der Waals surface area contributed by atoms with Crippen LogP contribution in [0.2, 0.25) is 0 Å². The third-order valence-corrected chi connectivity index (χ3v) is 5.49. The number of ether oxygens (including phenoxy) is 1. The Bertz CT molecular complexity index is 1120. The van der Waals surface area contributed by atoms with E-state index in [-0.39, 0.29) is 11.8 Å². The molecule has 1 aliphatic rings. The van der Waals surface area contributed by atoms with E-state index in [9.17, 15) is 9.90 Å². The largest absolute Gasteiger partial charge is 0.854 e. The standard InChI is InChI=1S/C21H20N4O3S/c1-12-11-14(9-10-17(12)28-3)20-24(13(2)26)16-8-6-5-7-15(16)18-19(27)22-21(29-4)23-25(18)20/h5-11,20H,1-4H3. The molecule has 0 bridgehead atoms. The van der Waals surface area contributed by atoms with Gasteiger partial charge in [0.05, 0.1) is 24.2 Å². The first kappa shape index (κ1) is 19.2. The zero-order chi connectivity index (χ0) is 20.7. The fourth-order valence-corrected chi connectivity index (χ4v) is 4.07. The number of anilines is 1.